The molecule has 0 radical (unpaired) electrons. The maximum absolute atomic E-state index is 12.9. The van der Waals surface area contributed by atoms with Crippen LogP contribution in [0.2, 0.25) is 0 Å². The number of nitrogens with two attached hydrogens (primary N) is 1. The second-order valence-electron chi connectivity index (χ2n) is 7.73. The average Bonchev–Trinajstić information content (AvgIpc) is 2.83. The molecule has 1 aliphatic rings. The fourth-order valence-corrected chi connectivity index (χ4v) is 3.54. The van der Waals surface area contributed by atoms with E-state index in [9.17, 15) is 27.6 Å². The molecule has 0 spiro atoms. The number of carbonyl (C=O) groups excluding carboxylic acids is 3. The summed E-state index contributed by atoms with van der Waals surface area (Å²) in [5, 5.41) is 5.61. The summed E-state index contributed by atoms with van der Waals surface area (Å²) in [6.45, 7) is 0.829. The number of nitrogens with zero attached hydrogens (tertiary/aromatic N) is 2. The van der Waals surface area contributed by atoms with Crippen molar-refractivity contribution >= 4 is 29.4 Å². The number of rotatable bonds is 5. The van der Waals surface area contributed by atoms with Crippen molar-refractivity contribution < 1.29 is 27.6 Å². The lowest BCUT2D eigenvalue weighted by Crippen LogP contribution is -2.50. The highest BCUT2D eigenvalue weighted by atomic mass is 19.4. The normalized spacial score (nSPS) is 16.6. The monoisotopic (exact) mass is 475 g/mol. The van der Waals surface area contributed by atoms with Gasteiger partial charge in [0.2, 0.25) is 0 Å². The Morgan fingerprint density at radius 1 is 1.00 bits per heavy atom. The predicted molar refractivity (Wildman–Crippen MR) is 120 cm³/mol. The van der Waals surface area contributed by atoms with Gasteiger partial charge in [0, 0.05) is 29.9 Å². The standard InChI is InChI=1S/C23H24F3N5O3/c24-23(25,26)21(33)30-19(27)15-9-11-17(12-10-15)29-22(34)31-13-5-4-8-18(31)14-28-20(32)16-6-2-1-3-7-16/h1-3,6-7,9-12,18H,4-5,8,13-14H2,(H,28,32)(H,29,34)(H2,27,30,33). The van der Waals surface area contributed by atoms with Gasteiger partial charge in [0.1, 0.15) is 5.84 Å². The fraction of sp³-hybridized carbons (Fsp3) is 0.304. The van der Waals surface area contributed by atoms with Gasteiger partial charge in [-0.2, -0.15) is 18.2 Å². The van der Waals surface area contributed by atoms with Gasteiger partial charge in [0.25, 0.3) is 5.91 Å². The number of likely N-dealkylation sites (tertiary alicyclic amines) is 1. The molecule has 1 aliphatic heterocycles. The first-order chi connectivity index (χ1) is 16.1. The topological polar surface area (TPSA) is 117 Å². The molecule has 0 saturated carbocycles. The second kappa shape index (κ2) is 10.8. The minimum Gasteiger partial charge on any atom is -0.383 e. The molecule has 180 valence electrons. The third-order valence-corrected chi connectivity index (χ3v) is 5.32. The molecule has 8 nitrogen and oxygen atoms in total. The predicted octanol–water partition coefficient (Wildman–Crippen LogP) is 3.30. The molecule has 3 rings (SSSR count). The quantitative estimate of drug-likeness (QED) is 0.454. The largest absolute Gasteiger partial charge is 0.473 e. The molecule has 1 heterocycles. The van der Waals surface area contributed by atoms with Crippen LogP contribution in [-0.2, 0) is 4.79 Å². The molecule has 4 N–H and O–H groups in total. The van der Waals surface area contributed by atoms with Crippen LogP contribution >= 0.6 is 0 Å². The van der Waals surface area contributed by atoms with Crippen molar-refractivity contribution in [3.63, 3.8) is 0 Å². The molecule has 1 unspecified atom stereocenters. The van der Waals surface area contributed by atoms with Gasteiger partial charge in [-0.25, -0.2) is 4.79 Å². The van der Waals surface area contributed by atoms with Crippen LogP contribution in [-0.4, -0.2) is 53.9 Å². The van der Waals surface area contributed by atoms with Gasteiger partial charge in [-0.3, -0.25) is 9.59 Å². The summed E-state index contributed by atoms with van der Waals surface area (Å²) in [5.41, 5.74) is 6.51. The van der Waals surface area contributed by atoms with Gasteiger partial charge in [-0.15, -0.1) is 0 Å². The molecule has 1 atom stereocenters. The number of benzene rings is 2. The van der Waals surface area contributed by atoms with E-state index in [1.54, 1.807) is 29.2 Å². The van der Waals surface area contributed by atoms with Gasteiger partial charge in [-0.1, -0.05) is 18.2 Å². The summed E-state index contributed by atoms with van der Waals surface area (Å²) < 4.78 is 37.0. The van der Waals surface area contributed by atoms with E-state index in [-0.39, 0.29) is 23.5 Å². The molecule has 2 aromatic carbocycles. The van der Waals surface area contributed by atoms with Crippen LogP contribution in [0.1, 0.15) is 35.2 Å². The van der Waals surface area contributed by atoms with Crippen molar-refractivity contribution in [2.75, 3.05) is 18.4 Å². The lowest BCUT2D eigenvalue weighted by atomic mass is 10.0. The maximum Gasteiger partial charge on any atom is 0.473 e. The van der Waals surface area contributed by atoms with Gasteiger partial charge >= 0.3 is 18.1 Å². The highest BCUT2D eigenvalue weighted by molar-refractivity contribution is 6.05. The van der Waals surface area contributed by atoms with E-state index in [0.29, 0.717) is 24.3 Å². The Morgan fingerprint density at radius 2 is 1.68 bits per heavy atom. The average molecular weight is 475 g/mol. The number of amides is 4. The van der Waals surface area contributed by atoms with E-state index in [2.05, 4.69) is 15.6 Å². The van der Waals surface area contributed by atoms with E-state index < -0.39 is 17.9 Å². The Bertz CT molecular complexity index is 1060. The van der Waals surface area contributed by atoms with Crippen LogP contribution in [0.3, 0.4) is 0 Å². The molecule has 4 amide bonds. The highest BCUT2D eigenvalue weighted by Crippen LogP contribution is 2.20. The van der Waals surface area contributed by atoms with E-state index in [1.807, 2.05) is 6.07 Å². The molecular weight excluding hydrogens is 451 g/mol. The number of urea groups is 1. The fourth-order valence-electron chi connectivity index (χ4n) is 3.54. The number of nitrogens with one attached hydrogen (secondary N) is 2. The summed E-state index contributed by atoms with van der Waals surface area (Å²) in [6, 6.07) is 13.8. The first kappa shape index (κ1) is 24.7. The SMILES string of the molecule is NC(=NC(=O)C(F)(F)F)c1ccc(NC(=O)N2CCCCC2CNC(=O)c2ccccc2)cc1. The number of hydrogen-bond acceptors (Lipinski definition) is 3. The minimum absolute atomic E-state index is 0.107. The van der Waals surface area contributed by atoms with Crippen LogP contribution in [0, 0.1) is 0 Å². The van der Waals surface area contributed by atoms with E-state index in [4.69, 9.17) is 5.73 Å². The second-order valence-corrected chi connectivity index (χ2v) is 7.73. The maximum atomic E-state index is 12.9. The van der Waals surface area contributed by atoms with Crippen molar-refractivity contribution in [1.29, 1.82) is 0 Å². The third-order valence-electron chi connectivity index (χ3n) is 5.32. The van der Waals surface area contributed by atoms with Crippen LogP contribution in [0.15, 0.2) is 59.6 Å². The van der Waals surface area contributed by atoms with Gasteiger partial charge in [0.15, 0.2) is 0 Å². The first-order valence-corrected chi connectivity index (χ1v) is 10.6. The minimum atomic E-state index is -5.11. The Labute approximate surface area is 194 Å². The van der Waals surface area contributed by atoms with Crippen LogP contribution in [0.25, 0.3) is 0 Å². The van der Waals surface area contributed by atoms with Gasteiger partial charge in [0.05, 0.1) is 6.04 Å². The van der Waals surface area contributed by atoms with Gasteiger partial charge in [-0.05, 0) is 55.7 Å². The number of halogens is 3. The van der Waals surface area contributed by atoms with Crippen LogP contribution in [0.4, 0.5) is 23.7 Å². The summed E-state index contributed by atoms with van der Waals surface area (Å²) in [6.07, 6.45) is -2.61. The van der Waals surface area contributed by atoms with Crippen molar-refractivity contribution in [1.82, 2.24) is 10.2 Å². The van der Waals surface area contributed by atoms with Crippen molar-refractivity contribution in [2.45, 2.75) is 31.5 Å². The van der Waals surface area contributed by atoms with Crippen LogP contribution in [0.5, 0.6) is 0 Å². The summed E-state index contributed by atoms with van der Waals surface area (Å²) in [4.78, 5) is 40.6. The summed E-state index contributed by atoms with van der Waals surface area (Å²) in [7, 11) is 0. The summed E-state index contributed by atoms with van der Waals surface area (Å²) >= 11 is 0. The highest BCUT2D eigenvalue weighted by Gasteiger charge is 2.38. The molecule has 0 aromatic heterocycles. The molecule has 0 aliphatic carbocycles. The van der Waals surface area contributed by atoms with Crippen LogP contribution < -0.4 is 16.4 Å². The Hall–Kier alpha value is -3.89. The number of carbonyl (C=O) groups is 3. The van der Waals surface area contributed by atoms with E-state index >= 15 is 0 Å². The van der Waals surface area contributed by atoms with E-state index in [1.165, 1.54) is 24.3 Å². The lowest BCUT2D eigenvalue weighted by Gasteiger charge is -2.35. The number of amidine groups is 1. The Balaban J connectivity index is 1.60. The van der Waals surface area contributed by atoms with Crippen molar-refractivity contribution in [2.24, 2.45) is 10.7 Å². The van der Waals surface area contributed by atoms with Crippen molar-refractivity contribution in [3.8, 4) is 0 Å². The molecular formula is C23H24F3N5O3. The first-order valence-electron chi connectivity index (χ1n) is 10.6. The zero-order chi connectivity index (χ0) is 24.7. The molecule has 1 fully saturated rings. The number of anilines is 1. The summed E-state index contributed by atoms with van der Waals surface area (Å²) in [5.74, 6) is -3.09. The molecule has 0 bridgehead atoms. The zero-order valence-corrected chi connectivity index (χ0v) is 18.1. The molecule has 11 heteroatoms. The number of aliphatic imine (C=N–C) groups is 1. The van der Waals surface area contributed by atoms with Gasteiger partial charge < -0.3 is 21.3 Å². The number of hydrogen-bond donors (Lipinski definition) is 3. The Morgan fingerprint density at radius 3 is 2.32 bits per heavy atom. The number of piperidine rings is 1. The third kappa shape index (κ3) is 6.56. The molecule has 1 saturated heterocycles. The smallest absolute Gasteiger partial charge is 0.383 e. The van der Waals surface area contributed by atoms with Crippen molar-refractivity contribution in [3.05, 3.63) is 65.7 Å². The molecule has 2 aromatic rings. The zero-order valence-electron chi connectivity index (χ0n) is 18.1. The lowest BCUT2D eigenvalue weighted by molar-refractivity contribution is -0.169. The molecule has 34 heavy (non-hydrogen) atoms. The van der Waals surface area contributed by atoms with E-state index in [0.717, 1.165) is 19.3 Å². The Kier molecular flexibility index (Phi) is 7.87. The number of alkyl halides is 3.